The normalized spacial score (nSPS) is 25.7. The van der Waals surface area contributed by atoms with Gasteiger partial charge in [-0.3, -0.25) is 4.79 Å². The summed E-state index contributed by atoms with van der Waals surface area (Å²) in [5.41, 5.74) is -1.04. The molecule has 1 aliphatic carbocycles. The molecule has 1 fully saturated rings. The fraction of sp³-hybridized carbons (Fsp3) is 0.579. The van der Waals surface area contributed by atoms with Crippen molar-refractivity contribution >= 4 is 23.5 Å². The summed E-state index contributed by atoms with van der Waals surface area (Å²) >= 11 is 5.98. The first-order valence-electron chi connectivity index (χ1n) is 8.55. The molecule has 1 saturated carbocycles. The molecule has 5 nitrogen and oxygen atoms in total. The van der Waals surface area contributed by atoms with Crippen LogP contribution >= 0.6 is 11.6 Å². The van der Waals surface area contributed by atoms with E-state index in [1.54, 1.807) is 13.0 Å². The van der Waals surface area contributed by atoms with Crippen LogP contribution in [-0.2, 0) is 20.7 Å². The van der Waals surface area contributed by atoms with E-state index < -0.39 is 16.9 Å². The molecule has 1 aromatic rings. The second-order valence-electron chi connectivity index (χ2n) is 7.30. The summed E-state index contributed by atoms with van der Waals surface area (Å²) in [4.78, 5) is 24.6. The minimum Gasteiger partial charge on any atom is -0.479 e. The molecule has 0 radical (unpaired) electrons. The maximum absolute atomic E-state index is 12.6. The van der Waals surface area contributed by atoms with Crippen molar-refractivity contribution in [2.24, 2.45) is 11.3 Å². The van der Waals surface area contributed by atoms with Crippen LogP contribution in [0.4, 0.5) is 0 Å². The van der Waals surface area contributed by atoms with Crippen molar-refractivity contribution in [2.45, 2.75) is 52.2 Å². The van der Waals surface area contributed by atoms with E-state index in [4.69, 9.17) is 16.3 Å². The SMILES string of the molecule is CCOC1CC(NC(=O)C(C)Cc2cccc(Cl)c2)(C(=O)O)C1(C)C. The van der Waals surface area contributed by atoms with Gasteiger partial charge < -0.3 is 15.2 Å². The Morgan fingerprint density at radius 2 is 2.12 bits per heavy atom. The smallest absolute Gasteiger partial charge is 0.330 e. The molecular weight excluding hydrogens is 342 g/mol. The van der Waals surface area contributed by atoms with Gasteiger partial charge in [-0.05, 0) is 31.0 Å². The highest BCUT2D eigenvalue weighted by Crippen LogP contribution is 2.51. The summed E-state index contributed by atoms with van der Waals surface area (Å²) in [5, 5.41) is 13.2. The van der Waals surface area contributed by atoms with Gasteiger partial charge in [0.1, 0.15) is 5.54 Å². The molecule has 1 aromatic carbocycles. The van der Waals surface area contributed by atoms with Gasteiger partial charge in [0, 0.05) is 29.4 Å². The Bertz CT molecular complexity index is 661. The summed E-state index contributed by atoms with van der Waals surface area (Å²) in [7, 11) is 0. The Morgan fingerprint density at radius 3 is 2.64 bits per heavy atom. The van der Waals surface area contributed by atoms with Crippen LogP contribution in [0, 0.1) is 11.3 Å². The first kappa shape index (κ1) is 19.7. The number of rotatable bonds is 7. The largest absolute Gasteiger partial charge is 0.479 e. The maximum Gasteiger partial charge on any atom is 0.330 e. The van der Waals surface area contributed by atoms with Gasteiger partial charge >= 0.3 is 5.97 Å². The molecule has 138 valence electrons. The summed E-state index contributed by atoms with van der Waals surface area (Å²) in [6.07, 6.45) is 0.591. The predicted molar refractivity (Wildman–Crippen MR) is 96.6 cm³/mol. The summed E-state index contributed by atoms with van der Waals surface area (Å²) in [6, 6.07) is 7.33. The van der Waals surface area contributed by atoms with Crippen molar-refractivity contribution in [1.29, 1.82) is 0 Å². The fourth-order valence-corrected chi connectivity index (χ4v) is 3.69. The number of halogens is 1. The molecule has 0 heterocycles. The van der Waals surface area contributed by atoms with Gasteiger partial charge in [-0.15, -0.1) is 0 Å². The summed E-state index contributed by atoms with van der Waals surface area (Å²) < 4.78 is 5.62. The second kappa shape index (κ2) is 7.34. The highest BCUT2D eigenvalue weighted by Gasteiger charge is 2.66. The van der Waals surface area contributed by atoms with Crippen LogP contribution in [0.25, 0.3) is 0 Å². The van der Waals surface area contributed by atoms with E-state index in [9.17, 15) is 14.7 Å². The minimum atomic E-state index is -1.30. The Morgan fingerprint density at radius 1 is 1.44 bits per heavy atom. The zero-order valence-electron chi connectivity index (χ0n) is 15.1. The number of benzene rings is 1. The van der Waals surface area contributed by atoms with E-state index in [1.807, 2.05) is 39.0 Å². The van der Waals surface area contributed by atoms with Gasteiger partial charge in [0.05, 0.1) is 6.10 Å². The average Bonchev–Trinajstić information content (AvgIpc) is 2.53. The standard InChI is InChI=1S/C19H26ClNO4/c1-5-25-15-11-19(17(23)24,18(15,3)4)21-16(22)12(2)9-13-7-6-8-14(20)10-13/h6-8,10,12,15H,5,9,11H2,1-4H3,(H,21,22)(H,23,24). The first-order valence-corrected chi connectivity index (χ1v) is 8.93. The van der Waals surface area contributed by atoms with Crippen molar-refractivity contribution in [2.75, 3.05) is 6.61 Å². The molecule has 2 N–H and O–H groups in total. The number of carbonyl (C=O) groups is 2. The molecule has 25 heavy (non-hydrogen) atoms. The van der Waals surface area contributed by atoms with E-state index in [-0.39, 0.29) is 24.3 Å². The lowest BCUT2D eigenvalue weighted by molar-refractivity contribution is -0.195. The van der Waals surface area contributed by atoms with E-state index in [0.717, 1.165) is 5.56 Å². The minimum absolute atomic E-state index is 0.183. The predicted octanol–water partition coefficient (Wildman–Crippen LogP) is 3.29. The van der Waals surface area contributed by atoms with E-state index in [0.29, 0.717) is 18.1 Å². The Kier molecular flexibility index (Phi) is 5.79. The zero-order valence-corrected chi connectivity index (χ0v) is 15.9. The second-order valence-corrected chi connectivity index (χ2v) is 7.74. The number of carbonyl (C=O) groups excluding carboxylic acids is 1. The molecule has 6 heteroatoms. The molecule has 0 spiro atoms. The van der Waals surface area contributed by atoms with Gasteiger partial charge in [0.15, 0.2) is 0 Å². The van der Waals surface area contributed by atoms with Gasteiger partial charge in [-0.2, -0.15) is 0 Å². The van der Waals surface area contributed by atoms with Crippen LogP contribution < -0.4 is 5.32 Å². The third-order valence-corrected chi connectivity index (χ3v) is 5.58. The number of carboxylic acids is 1. The third kappa shape index (κ3) is 3.67. The van der Waals surface area contributed by atoms with Crippen LogP contribution in [0.3, 0.4) is 0 Å². The molecule has 3 unspecified atom stereocenters. The van der Waals surface area contributed by atoms with Crippen molar-refractivity contribution in [3.05, 3.63) is 34.9 Å². The molecule has 1 amide bonds. The van der Waals surface area contributed by atoms with Gasteiger partial charge in [-0.25, -0.2) is 4.79 Å². The van der Waals surface area contributed by atoms with Crippen molar-refractivity contribution < 1.29 is 19.4 Å². The number of nitrogens with one attached hydrogen (secondary N) is 1. The third-order valence-electron chi connectivity index (χ3n) is 5.34. The molecule has 0 bridgehead atoms. The van der Waals surface area contributed by atoms with Gasteiger partial charge in [0.2, 0.25) is 5.91 Å². The maximum atomic E-state index is 12.6. The topological polar surface area (TPSA) is 75.6 Å². The average molecular weight is 368 g/mol. The molecular formula is C19H26ClNO4. The lowest BCUT2D eigenvalue weighted by Crippen LogP contribution is -2.76. The van der Waals surface area contributed by atoms with Crippen molar-refractivity contribution in [3.63, 3.8) is 0 Å². The van der Waals surface area contributed by atoms with Gasteiger partial charge in [-0.1, -0.05) is 44.5 Å². The van der Waals surface area contributed by atoms with Gasteiger partial charge in [0.25, 0.3) is 0 Å². The monoisotopic (exact) mass is 367 g/mol. The number of hydrogen-bond acceptors (Lipinski definition) is 3. The van der Waals surface area contributed by atoms with Crippen LogP contribution in [0.2, 0.25) is 5.02 Å². The quantitative estimate of drug-likeness (QED) is 0.775. The van der Waals surface area contributed by atoms with E-state index >= 15 is 0 Å². The van der Waals surface area contributed by atoms with Crippen LogP contribution in [0.15, 0.2) is 24.3 Å². The molecule has 3 atom stereocenters. The van der Waals surface area contributed by atoms with Crippen LogP contribution in [0.5, 0.6) is 0 Å². The Balaban J connectivity index is 2.10. The van der Waals surface area contributed by atoms with E-state index in [2.05, 4.69) is 5.32 Å². The highest BCUT2D eigenvalue weighted by molar-refractivity contribution is 6.30. The lowest BCUT2D eigenvalue weighted by Gasteiger charge is -2.58. The number of carboxylic acid groups (broad SMARTS) is 1. The number of aliphatic carboxylic acids is 1. The Hall–Kier alpha value is -1.59. The number of ether oxygens (including phenoxy) is 1. The van der Waals surface area contributed by atoms with Crippen molar-refractivity contribution in [1.82, 2.24) is 5.32 Å². The van der Waals surface area contributed by atoms with Crippen LogP contribution in [-0.4, -0.2) is 35.2 Å². The highest BCUT2D eigenvalue weighted by atomic mass is 35.5. The lowest BCUT2D eigenvalue weighted by atomic mass is 9.54. The molecule has 0 saturated heterocycles. The first-order chi connectivity index (χ1) is 11.6. The molecule has 1 aliphatic rings. The molecule has 0 aliphatic heterocycles. The van der Waals surface area contributed by atoms with E-state index in [1.165, 1.54) is 0 Å². The number of hydrogen-bond donors (Lipinski definition) is 2. The number of amides is 1. The molecule has 2 rings (SSSR count). The zero-order chi connectivity index (χ0) is 18.8. The van der Waals surface area contributed by atoms with Crippen LogP contribution in [0.1, 0.15) is 39.7 Å². The van der Waals surface area contributed by atoms with Crippen molar-refractivity contribution in [3.8, 4) is 0 Å². The Labute approximate surface area is 153 Å². The molecule has 0 aromatic heterocycles. The summed E-state index contributed by atoms with van der Waals surface area (Å²) in [5.74, 6) is -1.65. The summed E-state index contributed by atoms with van der Waals surface area (Å²) in [6.45, 7) is 7.84. The fourth-order valence-electron chi connectivity index (χ4n) is 3.48.